The molecular weight excluding hydrogens is 462 g/mol. The van der Waals surface area contributed by atoms with Crippen LogP contribution in [0.5, 0.6) is 11.5 Å². The first-order valence-electron chi connectivity index (χ1n) is 11.3. The molecule has 180 valence electrons. The molecule has 1 heterocycles. The van der Waals surface area contributed by atoms with Crippen LogP contribution in [0.3, 0.4) is 0 Å². The fourth-order valence-electron chi connectivity index (χ4n) is 3.61. The van der Waals surface area contributed by atoms with E-state index in [1.807, 2.05) is 61.5 Å². The fraction of sp³-hybridized carbons (Fsp3) is 0.222. The average Bonchev–Trinajstić information content (AvgIpc) is 3.16. The Morgan fingerprint density at radius 1 is 1.00 bits per heavy atom. The molecule has 35 heavy (non-hydrogen) atoms. The summed E-state index contributed by atoms with van der Waals surface area (Å²) in [5.41, 5.74) is 2.40. The van der Waals surface area contributed by atoms with E-state index in [2.05, 4.69) is 5.32 Å². The molecule has 1 aliphatic heterocycles. The minimum atomic E-state index is -0.570. The van der Waals surface area contributed by atoms with Crippen molar-refractivity contribution in [1.82, 2.24) is 0 Å². The molecule has 1 N–H and O–H groups in total. The lowest BCUT2D eigenvalue weighted by atomic mass is 10.2. The summed E-state index contributed by atoms with van der Waals surface area (Å²) < 4.78 is 10.7. The number of amides is 2. The quantitative estimate of drug-likeness (QED) is 0.269. The number of hydrogen-bond acceptors (Lipinski definition) is 6. The summed E-state index contributed by atoms with van der Waals surface area (Å²) in [7, 11) is 1.63. The van der Waals surface area contributed by atoms with Crippen LogP contribution in [0, 0.1) is 0 Å². The Labute approximate surface area is 209 Å². The maximum Gasteiger partial charge on any atom is 0.247 e. The van der Waals surface area contributed by atoms with Crippen molar-refractivity contribution in [2.75, 3.05) is 23.9 Å². The highest BCUT2D eigenvalue weighted by molar-refractivity contribution is 8.15. The second-order valence-corrected chi connectivity index (χ2v) is 8.96. The van der Waals surface area contributed by atoms with Crippen LogP contribution < -0.4 is 19.7 Å². The molecule has 0 aliphatic carbocycles. The number of imide groups is 1. The molecular formula is C27H27N3O4S. The number of carbonyl (C=O) groups is 2. The second kappa shape index (κ2) is 11.6. The highest BCUT2D eigenvalue weighted by Gasteiger charge is 2.40. The number of benzene rings is 3. The Bertz CT molecular complexity index is 1180. The van der Waals surface area contributed by atoms with Crippen molar-refractivity contribution in [1.29, 1.82) is 0 Å². The van der Waals surface area contributed by atoms with Crippen LogP contribution in [0.2, 0.25) is 0 Å². The highest BCUT2D eigenvalue weighted by atomic mass is 32.2. The molecule has 0 bridgehead atoms. The molecule has 4 rings (SSSR count). The van der Waals surface area contributed by atoms with Gasteiger partial charge in [0.15, 0.2) is 5.17 Å². The summed E-state index contributed by atoms with van der Waals surface area (Å²) in [6.45, 7) is 2.87. The number of ether oxygens (including phenoxy) is 2. The average molecular weight is 490 g/mol. The van der Waals surface area contributed by atoms with Crippen molar-refractivity contribution in [2.45, 2.75) is 25.1 Å². The number of para-hydroxylation sites is 1. The molecule has 7 nitrogen and oxygen atoms in total. The lowest BCUT2D eigenvalue weighted by Crippen LogP contribution is -2.31. The van der Waals surface area contributed by atoms with Crippen molar-refractivity contribution in [3.05, 3.63) is 84.4 Å². The van der Waals surface area contributed by atoms with Crippen LogP contribution >= 0.6 is 11.8 Å². The van der Waals surface area contributed by atoms with Crippen molar-refractivity contribution in [3.63, 3.8) is 0 Å². The van der Waals surface area contributed by atoms with Gasteiger partial charge in [0.1, 0.15) is 16.7 Å². The van der Waals surface area contributed by atoms with Gasteiger partial charge in [-0.2, -0.15) is 0 Å². The van der Waals surface area contributed by atoms with Gasteiger partial charge in [-0.1, -0.05) is 42.1 Å². The third-order valence-corrected chi connectivity index (χ3v) is 6.46. The zero-order valence-corrected chi connectivity index (χ0v) is 20.5. The lowest BCUT2D eigenvalue weighted by molar-refractivity contribution is -0.121. The molecule has 0 radical (unpaired) electrons. The van der Waals surface area contributed by atoms with E-state index in [9.17, 15) is 9.59 Å². The predicted octanol–water partition coefficient (Wildman–Crippen LogP) is 5.13. The summed E-state index contributed by atoms with van der Waals surface area (Å²) in [5, 5.41) is 3.31. The molecule has 0 saturated carbocycles. The Hall–Kier alpha value is -3.78. The van der Waals surface area contributed by atoms with E-state index in [1.165, 1.54) is 16.7 Å². The van der Waals surface area contributed by atoms with E-state index in [0.29, 0.717) is 29.8 Å². The molecule has 1 saturated heterocycles. The Balaban J connectivity index is 1.51. The molecule has 3 aromatic carbocycles. The smallest absolute Gasteiger partial charge is 0.247 e. The van der Waals surface area contributed by atoms with Gasteiger partial charge in [-0.3, -0.25) is 14.6 Å². The van der Waals surface area contributed by atoms with Gasteiger partial charge in [0.05, 0.1) is 25.9 Å². The van der Waals surface area contributed by atoms with E-state index in [1.54, 1.807) is 31.4 Å². The number of nitrogens with zero attached hydrogens (tertiary/aromatic N) is 2. The number of aliphatic imine (C=N–C) groups is 1. The first-order valence-corrected chi connectivity index (χ1v) is 12.2. The zero-order chi connectivity index (χ0) is 24.6. The molecule has 2 amide bonds. The fourth-order valence-corrected chi connectivity index (χ4v) is 4.62. The molecule has 0 aromatic heterocycles. The van der Waals surface area contributed by atoms with Crippen molar-refractivity contribution in [3.8, 4) is 11.5 Å². The predicted molar refractivity (Wildman–Crippen MR) is 140 cm³/mol. The van der Waals surface area contributed by atoms with Crippen LogP contribution in [0.4, 0.5) is 11.4 Å². The number of methoxy groups -OCH3 is 1. The van der Waals surface area contributed by atoms with Crippen LogP contribution in [0.15, 0.2) is 83.9 Å². The number of rotatable bonds is 8. The minimum Gasteiger partial charge on any atom is -0.497 e. The second-order valence-electron chi connectivity index (χ2n) is 7.77. The first-order chi connectivity index (χ1) is 17.1. The number of carbonyl (C=O) groups excluding carboxylic acids is 2. The molecule has 1 aliphatic rings. The number of anilines is 2. The van der Waals surface area contributed by atoms with E-state index < -0.39 is 5.25 Å². The summed E-state index contributed by atoms with van der Waals surface area (Å²) in [5.74, 6) is 0.988. The van der Waals surface area contributed by atoms with Crippen LogP contribution in [-0.4, -0.2) is 35.9 Å². The van der Waals surface area contributed by atoms with Gasteiger partial charge < -0.3 is 14.8 Å². The largest absolute Gasteiger partial charge is 0.497 e. The van der Waals surface area contributed by atoms with E-state index in [-0.39, 0.29) is 18.2 Å². The Kier molecular flexibility index (Phi) is 8.05. The lowest BCUT2D eigenvalue weighted by Gasteiger charge is -2.16. The summed E-state index contributed by atoms with van der Waals surface area (Å²) in [6, 6.07) is 24.3. The van der Waals surface area contributed by atoms with Crippen molar-refractivity contribution < 1.29 is 19.1 Å². The number of amidine groups is 1. The van der Waals surface area contributed by atoms with Gasteiger partial charge in [-0.25, -0.2) is 4.90 Å². The van der Waals surface area contributed by atoms with E-state index >= 15 is 0 Å². The molecule has 8 heteroatoms. The van der Waals surface area contributed by atoms with Gasteiger partial charge in [0.25, 0.3) is 0 Å². The summed E-state index contributed by atoms with van der Waals surface area (Å²) in [4.78, 5) is 32.0. The van der Waals surface area contributed by atoms with Crippen molar-refractivity contribution >= 4 is 40.1 Å². The monoisotopic (exact) mass is 489 g/mol. The Morgan fingerprint density at radius 3 is 2.34 bits per heavy atom. The van der Waals surface area contributed by atoms with E-state index in [4.69, 9.17) is 14.5 Å². The maximum absolute atomic E-state index is 13.2. The van der Waals surface area contributed by atoms with Crippen LogP contribution in [0.25, 0.3) is 0 Å². The van der Waals surface area contributed by atoms with Crippen LogP contribution in [-0.2, 0) is 16.1 Å². The standard InChI is InChI=1S/C27H27N3O4S/c1-3-34-23-15-11-21(12-16-23)30-25(31)17-24(26(30)32)35-27(29-20-7-5-4-6-8-20)28-18-19-9-13-22(33-2)14-10-19/h4-16,24H,3,17-18H2,1-2H3,(H,28,29)/t24-/m0/s1. The molecule has 0 unspecified atom stereocenters. The molecule has 1 fully saturated rings. The highest BCUT2D eigenvalue weighted by Crippen LogP contribution is 2.32. The SMILES string of the molecule is CCOc1ccc(N2C(=O)C[C@H](SC(=NCc3ccc(OC)cc3)Nc3ccccc3)C2=O)cc1. The Morgan fingerprint density at radius 2 is 1.69 bits per heavy atom. The van der Waals surface area contributed by atoms with E-state index in [0.717, 1.165) is 17.0 Å². The number of thioether (sulfide) groups is 1. The molecule has 3 aromatic rings. The summed E-state index contributed by atoms with van der Waals surface area (Å²) in [6.07, 6.45) is 0.106. The van der Waals surface area contributed by atoms with Gasteiger partial charge in [0, 0.05) is 12.1 Å². The third kappa shape index (κ3) is 6.22. The normalized spacial score (nSPS) is 15.9. The molecule has 0 spiro atoms. The zero-order valence-electron chi connectivity index (χ0n) is 19.6. The number of hydrogen-bond donors (Lipinski definition) is 1. The third-order valence-electron chi connectivity index (χ3n) is 5.35. The van der Waals surface area contributed by atoms with Crippen molar-refractivity contribution in [2.24, 2.45) is 4.99 Å². The minimum absolute atomic E-state index is 0.106. The number of nitrogens with one attached hydrogen (secondary N) is 1. The first kappa shape index (κ1) is 24.3. The maximum atomic E-state index is 13.2. The van der Waals surface area contributed by atoms with Gasteiger partial charge >= 0.3 is 0 Å². The summed E-state index contributed by atoms with van der Waals surface area (Å²) >= 11 is 1.27. The van der Waals surface area contributed by atoms with Crippen LogP contribution in [0.1, 0.15) is 18.9 Å². The topological polar surface area (TPSA) is 80.2 Å². The van der Waals surface area contributed by atoms with Gasteiger partial charge in [-0.05, 0) is 61.0 Å². The van der Waals surface area contributed by atoms with Gasteiger partial charge in [0.2, 0.25) is 11.8 Å². The van der Waals surface area contributed by atoms with Gasteiger partial charge in [-0.15, -0.1) is 0 Å². The molecule has 1 atom stereocenters.